The largest absolute Gasteiger partial charge is 0.481 e. The van der Waals surface area contributed by atoms with Gasteiger partial charge in [-0.3, -0.25) is 4.79 Å². The number of hydrogen-bond acceptors (Lipinski definition) is 3. The molecule has 5 nitrogen and oxygen atoms in total. The molecule has 3 rings (SSSR count). The third-order valence-corrected chi connectivity index (χ3v) is 4.26. The highest BCUT2D eigenvalue weighted by molar-refractivity contribution is 5.81. The minimum Gasteiger partial charge on any atom is -0.481 e. The van der Waals surface area contributed by atoms with Crippen LogP contribution in [0.2, 0.25) is 0 Å². The van der Waals surface area contributed by atoms with Crippen molar-refractivity contribution in [3.8, 4) is 11.8 Å². The SMILES string of the molecule is Cc1ccc(Cn2ccccc2=NC(=O)C(C)Oc2ccc(C#N)cc2)cc1. The molecular formula is C23H21N3O2. The maximum Gasteiger partial charge on any atom is 0.288 e. The molecule has 0 saturated carbocycles. The van der Waals surface area contributed by atoms with E-state index in [0.29, 0.717) is 23.3 Å². The molecule has 0 aliphatic rings. The van der Waals surface area contributed by atoms with Gasteiger partial charge in [-0.1, -0.05) is 35.9 Å². The van der Waals surface area contributed by atoms with Crippen LogP contribution in [0.3, 0.4) is 0 Å². The van der Waals surface area contributed by atoms with E-state index in [2.05, 4.69) is 29.3 Å². The molecule has 0 radical (unpaired) electrons. The van der Waals surface area contributed by atoms with Gasteiger partial charge in [0.15, 0.2) is 6.10 Å². The molecule has 0 spiro atoms. The zero-order valence-electron chi connectivity index (χ0n) is 15.9. The molecular weight excluding hydrogens is 350 g/mol. The van der Waals surface area contributed by atoms with Crippen molar-refractivity contribution >= 4 is 5.91 Å². The van der Waals surface area contributed by atoms with Gasteiger partial charge in [-0.05, 0) is 55.8 Å². The van der Waals surface area contributed by atoms with Crippen LogP contribution in [0.15, 0.2) is 77.9 Å². The average molecular weight is 371 g/mol. The van der Waals surface area contributed by atoms with Crippen molar-refractivity contribution in [2.24, 2.45) is 4.99 Å². The van der Waals surface area contributed by atoms with Gasteiger partial charge >= 0.3 is 0 Å². The Balaban J connectivity index is 1.77. The molecule has 3 aromatic rings. The number of pyridine rings is 1. The lowest BCUT2D eigenvalue weighted by Gasteiger charge is -2.12. The van der Waals surface area contributed by atoms with Crippen molar-refractivity contribution in [3.63, 3.8) is 0 Å². The first-order chi connectivity index (χ1) is 13.5. The van der Waals surface area contributed by atoms with Crippen LogP contribution in [0, 0.1) is 18.3 Å². The topological polar surface area (TPSA) is 67.4 Å². The molecule has 0 aliphatic heterocycles. The van der Waals surface area contributed by atoms with E-state index in [1.807, 2.05) is 35.9 Å². The maximum atomic E-state index is 12.5. The first kappa shape index (κ1) is 19.1. The smallest absolute Gasteiger partial charge is 0.288 e. The minimum absolute atomic E-state index is 0.367. The summed E-state index contributed by atoms with van der Waals surface area (Å²) in [5, 5.41) is 8.85. The van der Waals surface area contributed by atoms with Crippen LogP contribution in [0.5, 0.6) is 5.75 Å². The molecule has 0 bridgehead atoms. The molecule has 1 heterocycles. The Labute approximate surface area is 164 Å². The molecule has 1 atom stereocenters. The number of rotatable bonds is 5. The summed E-state index contributed by atoms with van der Waals surface area (Å²) in [5.41, 5.74) is 3.45. The van der Waals surface area contributed by atoms with Crippen LogP contribution < -0.4 is 10.2 Å². The van der Waals surface area contributed by atoms with Gasteiger partial charge in [0.2, 0.25) is 0 Å². The fourth-order valence-electron chi connectivity index (χ4n) is 2.66. The first-order valence-electron chi connectivity index (χ1n) is 9.01. The lowest BCUT2D eigenvalue weighted by molar-refractivity contribution is -0.124. The molecule has 0 aliphatic carbocycles. The van der Waals surface area contributed by atoms with Gasteiger partial charge < -0.3 is 9.30 Å². The standard InChI is InChI=1S/C23H21N3O2/c1-17-6-8-20(9-7-17)16-26-14-4-3-5-22(26)25-23(27)18(2)28-21-12-10-19(15-24)11-13-21/h3-14,18H,16H2,1-2H3. The second-order valence-electron chi connectivity index (χ2n) is 6.52. The average Bonchev–Trinajstić information content (AvgIpc) is 2.71. The van der Waals surface area contributed by atoms with Crippen molar-refractivity contribution in [3.05, 3.63) is 95.1 Å². The van der Waals surface area contributed by atoms with Crippen LogP contribution in [-0.4, -0.2) is 16.6 Å². The van der Waals surface area contributed by atoms with E-state index in [1.165, 1.54) is 5.56 Å². The predicted octanol–water partition coefficient (Wildman–Crippen LogP) is 3.61. The number of aryl methyl sites for hydroxylation is 1. The van der Waals surface area contributed by atoms with Gasteiger partial charge in [0, 0.05) is 12.7 Å². The second kappa shape index (κ2) is 8.83. The summed E-state index contributed by atoms with van der Waals surface area (Å²) in [6.07, 6.45) is 1.17. The van der Waals surface area contributed by atoms with Gasteiger partial charge in [0.25, 0.3) is 5.91 Å². The van der Waals surface area contributed by atoms with Crippen molar-refractivity contribution in [1.82, 2.24) is 4.57 Å². The van der Waals surface area contributed by atoms with E-state index in [4.69, 9.17) is 10.00 Å². The Morgan fingerprint density at radius 2 is 1.82 bits per heavy atom. The van der Waals surface area contributed by atoms with Crippen LogP contribution in [0.4, 0.5) is 0 Å². The van der Waals surface area contributed by atoms with Crippen molar-refractivity contribution < 1.29 is 9.53 Å². The number of aromatic nitrogens is 1. The van der Waals surface area contributed by atoms with E-state index in [1.54, 1.807) is 37.3 Å². The molecule has 1 aromatic heterocycles. The van der Waals surface area contributed by atoms with E-state index in [0.717, 1.165) is 5.56 Å². The summed E-state index contributed by atoms with van der Waals surface area (Å²) < 4.78 is 7.58. The fraction of sp³-hybridized carbons (Fsp3) is 0.174. The molecule has 0 fully saturated rings. The van der Waals surface area contributed by atoms with Crippen LogP contribution in [0.1, 0.15) is 23.6 Å². The summed E-state index contributed by atoms with van der Waals surface area (Å²) in [6.45, 7) is 4.34. The summed E-state index contributed by atoms with van der Waals surface area (Å²) in [6, 6.07) is 22.5. The van der Waals surface area contributed by atoms with E-state index < -0.39 is 6.10 Å². The second-order valence-corrected chi connectivity index (χ2v) is 6.52. The fourth-order valence-corrected chi connectivity index (χ4v) is 2.66. The minimum atomic E-state index is -0.735. The molecule has 140 valence electrons. The highest BCUT2D eigenvalue weighted by Gasteiger charge is 2.14. The van der Waals surface area contributed by atoms with E-state index in [-0.39, 0.29) is 5.91 Å². The quantitative estimate of drug-likeness (QED) is 0.688. The van der Waals surface area contributed by atoms with Gasteiger partial charge in [-0.15, -0.1) is 0 Å². The summed E-state index contributed by atoms with van der Waals surface area (Å²) in [7, 11) is 0. The van der Waals surface area contributed by atoms with Gasteiger partial charge in [-0.25, -0.2) is 0 Å². The maximum absolute atomic E-state index is 12.5. The lowest BCUT2D eigenvalue weighted by atomic mass is 10.1. The van der Waals surface area contributed by atoms with Gasteiger partial charge in [0.1, 0.15) is 11.2 Å². The Morgan fingerprint density at radius 1 is 1.11 bits per heavy atom. The Morgan fingerprint density at radius 3 is 2.50 bits per heavy atom. The Bertz CT molecular complexity index is 1060. The molecule has 28 heavy (non-hydrogen) atoms. The Hall–Kier alpha value is -3.65. The normalized spacial score (nSPS) is 12.2. The number of nitriles is 1. The number of ether oxygens (including phenoxy) is 1. The highest BCUT2D eigenvalue weighted by Crippen LogP contribution is 2.13. The third kappa shape index (κ3) is 4.95. The van der Waals surface area contributed by atoms with Crippen LogP contribution in [-0.2, 0) is 11.3 Å². The number of benzene rings is 2. The van der Waals surface area contributed by atoms with E-state index in [9.17, 15) is 4.79 Å². The van der Waals surface area contributed by atoms with Gasteiger partial charge in [-0.2, -0.15) is 10.3 Å². The molecule has 1 unspecified atom stereocenters. The molecule has 1 amide bonds. The lowest BCUT2D eigenvalue weighted by Crippen LogP contribution is -2.28. The number of amides is 1. The molecule has 0 N–H and O–H groups in total. The highest BCUT2D eigenvalue weighted by atomic mass is 16.5. The van der Waals surface area contributed by atoms with Crippen LogP contribution in [0.25, 0.3) is 0 Å². The number of carbonyl (C=O) groups excluding carboxylic acids is 1. The zero-order chi connectivity index (χ0) is 19.9. The summed E-state index contributed by atoms with van der Waals surface area (Å²) in [5.74, 6) is 0.156. The van der Waals surface area contributed by atoms with Crippen molar-refractivity contribution in [1.29, 1.82) is 5.26 Å². The van der Waals surface area contributed by atoms with E-state index >= 15 is 0 Å². The number of nitrogens with zero attached hydrogens (tertiary/aromatic N) is 3. The third-order valence-electron chi connectivity index (χ3n) is 4.26. The first-order valence-corrected chi connectivity index (χ1v) is 9.01. The zero-order valence-corrected chi connectivity index (χ0v) is 15.9. The predicted molar refractivity (Wildman–Crippen MR) is 107 cm³/mol. The Kier molecular flexibility index (Phi) is 6.03. The number of hydrogen-bond donors (Lipinski definition) is 0. The van der Waals surface area contributed by atoms with Crippen LogP contribution >= 0.6 is 0 Å². The molecule has 2 aromatic carbocycles. The van der Waals surface area contributed by atoms with Gasteiger partial charge in [0.05, 0.1) is 11.6 Å². The number of carbonyl (C=O) groups is 1. The van der Waals surface area contributed by atoms with Crippen molar-refractivity contribution in [2.75, 3.05) is 0 Å². The monoisotopic (exact) mass is 371 g/mol. The molecule has 0 saturated heterocycles. The summed E-state index contributed by atoms with van der Waals surface area (Å²) >= 11 is 0. The molecule has 5 heteroatoms. The summed E-state index contributed by atoms with van der Waals surface area (Å²) in [4.78, 5) is 16.8. The van der Waals surface area contributed by atoms with Crippen molar-refractivity contribution in [2.45, 2.75) is 26.5 Å².